The van der Waals surface area contributed by atoms with Crippen LogP contribution >= 0.6 is 0 Å². The van der Waals surface area contributed by atoms with Gasteiger partial charge in [0.05, 0.1) is 22.1 Å². The lowest BCUT2D eigenvalue weighted by atomic mass is 9.99. The van der Waals surface area contributed by atoms with Gasteiger partial charge in [0.2, 0.25) is 0 Å². The van der Waals surface area contributed by atoms with Gasteiger partial charge in [-0.25, -0.2) is 18.1 Å². The van der Waals surface area contributed by atoms with Crippen molar-refractivity contribution in [3.8, 4) is 0 Å². The standard InChI is InChI=1S/C36H44F6N6O5S/c1-54(52)47-13-9-28(10-14-47)44-16-18-45(19-17-44)32(49)31(22-24-20-26(35(37,38)39)23-27(21-24)36(40,41)42)53-34(51)46-11-7-29(8-12-46)48-15-6-25-4-2-3-5-30(25)43-33(48)50/h2-5,20-21,23,28-29,31H,6-19,22H2,1H3,(H,43,50)/t31-,54?/m1/s1. The van der Waals surface area contributed by atoms with Crippen molar-refractivity contribution >= 4 is 34.7 Å². The summed E-state index contributed by atoms with van der Waals surface area (Å²) in [5.74, 6) is -0.708. The molecule has 0 bridgehead atoms. The predicted molar refractivity (Wildman–Crippen MR) is 188 cm³/mol. The number of amides is 4. The van der Waals surface area contributed by atoms with Crippen LogP contribution in [0.15, 0.2) is 42.5 Å². The number of alkyl halides is 6. The summed E-state index contributed by atoms with van der Waals surface area (Å²) in [5, 5.41) is 2.93. The number of urea groups is 1. The lowest BCUT2D eigenvalue weighted by Gasteiger charge is -2.43. The molecule has 0 aromatic heterocycles. The topological polar surface area (TPSA) is 106 Å². The molecule has 4 aliphatic heterocycles. The van der Waals surface area contributed by atoms with E-state index in [4.69, 9.17) is 4.74 Å². The van der Waals surface area contributed by atoms with Gasteiger partial charge in [-0.1, -0.05) is 18.2 Å². The fraction of sp³-hybridized carbons (Fsp3) is 0.583. The van der Waals surface area contributed by atoms with Gasteiger partial charge in [-0.15, -0.1) is 0 Å². The van der Waals surface area contributed by atoms with Crippen LogP contribution in [0.5, 0.6) is 0 Å². The molecule has 6 rings (SSSR count). The zero-order chi connectivity index (χ0) is 38.8. The lowest BCUT2D eigenvalue weighted by Crippen LogP contribution is -2.56. The van der Waals surface area contributed by atoms with Crippen molar-refractivity contribution < 1.29 is 49.7 Å². The van der Waals surface area contributed by atoms with Crippen molar-refractivity contribution in [3.05, 3.63) is 64.7 Å². The van der Waals surface area contributed by atoms with Crippen LogP contribution in [0.4, 0.5) is 41.6 Å². The Hall–Kier alpha value is -3.90. The van der Waals surface area contributed by atoms with E-state index in [1.807, 2.05) is 28.6 Å². The zero-order valence-corrected chi connectivity index (χ0v) is 30.6. The van der Waals surface area contributed by atoms with Gasteiger partial charge >= 0.3 is 24.5 Å². The molecule has 4 aliphatic rings. The molecule has 0 aliphatic carbocycles. The van der Waals surface area contributed by atoms with Gasteiger partial charge in [0.1, 0.15) is 0 Å². The molecule has 0 radical (unpaired) electrons. The highest BCUT2D eigenvalue weighted by atomic mass is 32.2. The summed E-state index contributed by atoms with van der Waals surface area (Å²) < 4.78 is 102. The summed E-state index contributed by atoms with van der Waals surface area (Å²) >= 11 is 0. The summed E-state index contributed by atoms with van der Waals surface area (Å²) in [7, 11) is -1.06. The van der Waals surface area contributed by atoms with Crippen LogP contribution in [0.25, 0.3) is 0 Å². The highest BCUT2D eigenvalue weighted by Gasteiger charge is 2.40. The third kappa shape index (κ3) is 9.48. The number of piperazine rings is 1. The second-order valence-corrected chi connectivity index (χ2v) is 15.5. The van der Waals surface area contributed by atoms with Crippen molar-refractivity contribution in [2.75, 3.05) is 70.5 Å². The maximum absolute atomic E-state index is 14.0. The number of carbonyl (C=O) groups is 3. The summed E-state index contributed by atoms with van der Waals surface area (Å²) in [5.41, 5.74) is -1.76. The summed E-state index contributed by atoms with van der Waals surface area (Å²) in [6.45, 7) is 3.49. The molecule has 4 amide bonds. The fourth-order valence-corrected chi connectivity index (χ4v) is 8.53. The number of halogens is 6. The molecule has 2 aromatic rings. The molecule has 18 heteroatoms. The number of fused-ring (bicyclic) bond motifs is 1. The van der Waals surface area contributed by atoms with Crippen LogP contribution in [0.2, 0.25) is 0 Å². The van der Waals surface area contributed by atoms with Gasteiger partial charge in [-0.3, -0.25) is 9.69 Å². The van der Waals surface area contributed by atoms with Crippen LogP contribution in [0, 0.1) is 0 Å². The molecular weight excluding hydrogens is 742 g/mol. The van der Waals surface area contributed by atoms with Gasteiger partial charge in [0.15, 0.2) is 6.10 Å². The maximum Gasteiger partial charge on any atom is 0.416 e. The van der Waals surface area contributed by atoms with E-state index in [0.29, 0.717) is 64.1 Å². The maximum atomic E-state index is 14.0. The first-order valence-corrected chi connectivity index (χ1v) is 19.6. The second kappa shape index (κ2) is 16.5. The van der Waals surface area contributed by atoms with Gasteiger partial charge in [0.25, 0.3) is 5.91 Å². The number of nitrogens with one attached hydrogen (secondary N) is 1. The summed E-state index contributed by atoms with van der Waals surface area (Å²) in [4.78, 5) is 47.4. The number of benzene rings is 2. The van der Waals surface area contributed by atoms with Crippen molar-refractivity contribution in [1.82, 2.24) is 23.9 Å². The van der Waals surface area contributed by atoms with Gasteiger partial charge < -0.3 is 24.8 Å². The van der Waals surface area contributed by atoms with E-state index in [2.05, 4.69) is 10.2 Å². The third-order valence-corrected chi connectivity index (χ3v) is 11.9. The van der Waals surface area contributed by atoms with E-state index in [1.165, 1.54) is 9.80 Å². The first-order valence-electron chi connectivity index (χ1n) is 18.1. The van der Waals surface area contributed by atoms with Crippen LogP contribution in [-0.4, -0.2) is 129 Å². The molecule has 3 fully saturated rings. The third-order valence-electron chi connectivity index (χ3n) is 10.8. The van der Waals surface area contributed by atoms with E-state index in [-0.39, 0.29) is 50.4 Å². The number of hydrogen-bond acceptors (Lipinski definition) is 6. The Bertz CT molecular complexity index is 1670. The minimum atomic E-state index is -5.09. The highest BCUT2D eigenvalue weighted by molar-refractivity contribution is 7.81. The Balaban J connectivity index is 1.14. The van der Waals surface area contributed by atoms with Crippen LogP contribution < -0.4 is 5.32 Å². The molecule has 296 valence electrons. The van der Waals surface area contributed by atoms with Crippen molar-refractivity contribution in [2.24, 2.45) is 0 Å². The smallest absolute Gasteiger partial charge is 0.416 e. The van der Waals surface area contributed by atoms with Crippen LogP contribution in [-0.2, 0) is 45.7 Å². The van der Waals surface area contributed by atoms with Crippen LogP contribution in [0.1, 0.15) is 47.9 Å². The molecule has 3 saturated heterocycles. The van der Waals surface area contributed by atoms with Crippen molar-refractivity contribution in [3.63, 3.8) is 0 Å². The lowest BCUT2D eigenvalue weighted by molar-refractivity contribution is -0.143. The molecule has 2 atom stereocenters. The van der Waals surface area contributed by atoms with E-state index >= 15 is 0 Å². The number of piperidine rings is 2. The first-order chi connectivity index (χ1) is 25.6. The second-order valence-electron chi connectivity index (χ2n) is 14.2. The van der Waals surface area contributed by atoms with E-state index < -0.39 is 64.6 Å². The molecule has 1 N–H and O–H groups in total. The normalized spacial score (nSPS) is 21.2. The molecule has 4 heterocycles. The Morgan fingerprint density at radius 3 is 2.00 bits per heavy atom. The quantitative estimate of drug-likeness (QED) is 0.386. The van der Waals surface area contributed by atoms with Gasteiger partial charge in [0, 0.05) is 89.4 Å². The average Bonchev–Trinajstić information content (AvgIpc) is 3.31. The zero-order valence-electron chi connectivity index (χ0n) is 29.8. The Morgan fingerprint density at radius 2 is 1.41 bits per heavy atom. The van der Waals surface area contributed by atoms with Crippen LogP contribution in [0.3, 0.4) is 0 Å². The van der Waals surface area contributed by atoms with Gasteiger partial charge in [-0.2, -0.15) is 26.3 Å². The monoisotopic (exact) mass is 786 g/mol. The Kier molecular flexibility index (Phi) is 12.1. The van der Waals surface area contributed by atoms with Crippen molar-refractivity contribution in [1.29, 1.82) is 0 Å². The number of hydrogen-bond donors (Lipinski definition) is 1. The number of nitrogens with zero attached hydrogens (tertiary/aromatic N) is 5. The number of para-hydroxylation sites is 1. The molecule has 2 aromatic carbocycles. The molecule has 54 heavy (non-hydrogen) atoms. The van der Waals surface area contributed by atoms with Gasteiger partial charge in [-0.05, 0) is 67.5 Å². The predicted octanol–water partition coefficient (Wildman–Crippen LogP) is 5.23. The molecular formula is C36H44F6N6O5S. The Labute approximate surface area is 312 Å². The highest BCUT2D eigenvalue weighted by Crippen LogP contribution is 2.37. The Morgan fingerprint density at radius 1 is 0.815 bits per heavy atom. The minimum absolute atomic E-state index is 0.0155. The van der Waals surface area contributed by atoms with E-state index in [0.717, 1.165) is 24.1 Å². The number of rotatable bonds is 7. The molecule has 1 unspecified atom stereocenters. The van der Waals surface area contributed by atoms with E-state index in [9.17, 15) is 44.9 Å². The van der Waals surface area contributed by atoms with E-state index in [1.54, 1.807) is 11.2 Å². The number of likely N-dealkylation sites (tertiary alicyclic amines) is 1. The molecule has 0 saturated carbocycles. The molecule has 11 nitrogen and oxygen atoms in total. The molecule has 0 spiro atoms. The first kappa shape index (κ1) is 39.8. The number of anilines is 1. The summed E-state index contributed by atoms with van der Waals surface area (Å²) in [6.07, 6.45) is -8.85. The number of carbonyl (C=O) groups excluding carboxylic acids is 3. The number of ether oxygens (including phenoxy) is 1. The average molecular weight is 787 g/mol. The fourth-order valence-electron chi connectivity index (χ4n) is 7.80. The largest absolute Gasteiger partial charge is 0.436 e. The SMILES string of the molecule is CS(=O)N1CCC(N2CCN(C(=O)[C@@H](Cc3cc(C(F)(F)F)cc(C(F)(F)F)c3)OC(=O)N3CCC(N4CCc5ccccc5NC4=O)CC3)CC2)CC1. The van der Waals surface area contributed by atoms with Crippen molar-refractivity contribution in [2.45, 2.75) is 69.1 Å². The summed E-state index contributed by atoms with van der Waals surface area (Å²) in [6, 6.07) is 8.38. The minimum Gasteiger partial charge on any atom is -0.436 e.